The molecule has 0 spiro atoms. The maximum absolute atomic E-state index is 12.4. The first-order valence-corrected chi connectivity index (χ1v) is 9.07. The lowest BCUT2D eigenvalue weighted by molar-refractivity contribution is 0.0528. The molecule has 0 fully saturated rings. The number of carbonyl (C=O) groups is 1. The summed E-state index contributed by atoms with van der Waals surface area (Å²) in [6.45, 7) is 11.4. The molecule has 152 valence electrons. The first-order chi connectivity index (χ1) is 14.5. The predicted octanol–water partition coefficient (Wildman–Crippen LogP) is 3.46. The standard InChI is InChI=1S/C22H22N6O2/c1-6-9-16(10-15(7-2)14(4)28-18(11-23)24-5)20-19-17(22(29)30-8-3)12-25-21(19)27-13-26-20/h7,9-10,12-13H,1,4,8H2,2-3,5H3,(H,24,28)(H,25,26,27)/b15-7+,16-10+. The van der Waals surface area contributed by atoms with Crippen molar-refractivity contribution in [3.8, 4) is 6.07 Å². The van der Waals surface area contributed by atoms with Gasteiger partial charge in [-0.2, -0.15) is 5.26 Å². The Hall–Kier alpha value is -4.21. The number of hydrogen-bond donors (Lipinski definition) is 2. The number of rotatable bonds is 7. The number of hydrogen-bond acceptors (Lipinski definition) is 6. The summed E-state index contributed by atoms with van der Waals surface area (Å²) in [7, 11) is 1.51. The number of fused-ring (bicyclic) bond motifs is 1. The van der Waals surface area contributed by atoms with Crippen molar-refractivity contribution in [3.05, 3.63) is 72.2 Å². The number of allylic oxidation sites excluding steroid dienone is 4. The second-order valence-corrected chi connectivity index (χ2v) is 5.85. The summed E-state index contributed by atoms with van der Waals surface area (Å²) in [6, 6.07) is 1.95. The minimum Gasteiger partial charge on any atom is -0.462 e. The first kappa shape index (κ1) is 22.1. The predicted molar refractivity (Wildman–Crippen MR) is 117 cm³/mol. The van der Waals surface area contributed by atoms with Crippen molar-refractivity contribution in [1.82, 2.24) is 20.3 Å². The second kappa shape index (κ2) is 10.4. The van der Waals surface area contributed by atoms with Crippen LogP contribution in [0.3, 0.4) is 0 Å². The number of carbonyl (C=O) groups excluding carboxylic acids is 1. The number of H-pyrrole nitrogens is 1. The molecule has 2 aromatic rings. The van der Waals surface area contributed by atoms with Crippen LogP contribution in [0.1, 0.15) is 29.9 Å². The zero-order valence-electron chi connectivity index (χ0n) is 17.1. The van der Waals surface area contributed by atoms with E-state index in [9.17, 15) is 4.79 Å². The van der Waals surface area contributed by atoms with Crippen molar-refractivity contribution in [1.29, 1.82) is 5.26 Å². The Morgan fingerprint density at radius 3 is 2.83 bits per heavy atom. The molecule has 30 heavy (non-hydrogen) atoms. The fourth-order valence-corrected chi connectivity index (χ4v) is 2.70. The van der Waals surface area contributed by atoms with Crippen molar-refractivity contribution in [2.75, 3.05) is 13.7 Å². The largest absolute Gasteiger partial charge is 0.462 e. The highest BCUT2D eigenvalue weighted by atomic mass is 16.5. The van der Waals surface area contributed by atoms with E-state index in [-0.39, 0.29) is 12.4 Å². The number of amidine groups is 1. The maximum Gasteiger partial charge on any atom is 0.340 e. The van der Waals surface area contributed by atoms with Crippen LogP contribution in [0, 0.1) is 11.3 Å². The van der Waals surface area contributed by atoms with Gasteiger partial charge in [0.1, 0.15) is 18.0 Å². The van der Waals surface area contributed by atoms with Crippen LogP contribution in [0.5, 0.6) is 0 Å². The number of esters is 1. The highest BCUT2D eigenvalue weighted by Crippen LogP contribution is 2.28. The molecule has 0 amide bonds. The second-order valence-electron chi connectivity index (χ2n) is 5.85. The van der Waals surface area contributed by atoms with Gasteiger partial charge in [-0.25, -0.2) is 14.8 Å². The van der Waals surface area contributed by atoms with Gasteiger partial charge in [0.15, 0.2) is 0 Å². The van der Waals surface area contributed by atoms with Gasteiger partial charge in [0.25, 0.3) is 0 Å². The monoisotopic (exact) mass is 402 g/mol. The SMILES string of the molecule is C=C=C/C(=C\C(=C/C)C(=C)NC(C#N)=NC)c1ncnc2[nH]cc(C(=O)OCC)c12. The molecule has 0 aromatic carbocycles. The Balaban J connectivity index is 2.63. The van der Waals surface area contributed by atoms with Crippen LogP contribution < -0.4 is 5.32 Å². The van der Waals surface area contributed by atoms with Crippen LogP contribution in [0.2, 0.25) is 0 Å². The smallest absolute Gasteiger partial charge is 0.340 e. The molecule has 0 radical (unpaired) electrons. The molecule has 2 N–H and O–H groups in total. The molecule has 0 saturated heterocycles. The molecule has 0 bridgehead atoms. The minimum atomic E-state index is -0.475. The van der Waals surface area contributed by atoms with E-state index in [1.807, 2.05) is 19.1 Å². The third-order valence-electron chi connectivity index (χ3n) is 4.07. The lowest BCUT2D eigenvalue weighted by Crippen LogP contribution is -2.21. The minimum absolute atomic E-state index is 0.133. The van der Waals surface area contributed by atoms with E-state index < -0.39 is 5.97 Å². The van der Waals surface area contributed by atoms with E-state index in [0.717, 1.165) is 0 Å². The van der Waals surface area contributed by atoms with Crippen LogP contribution in [0.4, 0.5) is 0 Å². The number of aliphatic imine (C=N–C) groups is 1. The molecule has 0 aliphatic heterocycles. The molecule has 0 aliphatic rings. The zero-order chi connectivity index (χ0) is 22.1. The van der Waals surface area contributed by atoms with Crippen LogP contribution in [-0.4, -0.2) is 40.4 Å². The van der Waals surface area contributed by atoms with Gasteiger partial charge >= 0.3 is 5.97 Å². The zero-order valence-corrected chi connectivity index (χ0v) is 17.1. The number of aromatic nitrogens is 3. The lowest BCUT2D eigenvalue weighted by atomic mass is 10.0. The molecular formula is C22H22N6O2. The van der Waals surface area contributed by atoms with Crippen molar-refractivity contribution in [2.24, 2.45) is 4.99 Å². The Morgan fingerprint density at radius 2 is 2.23 bits per heavy atom. The molecule has 8 heteroatoms. The average molecular weight is 402 g/mol. The lowest BCUT2D eigenvalue weighted by Gasteiger charge is -2.11. The third-order valence-corrected chi connectivity index (χ3v) is 4.07. The van der Waals surface area contributed by atoms with E-state index in [4.69, 9.17) is 10.00 Å². The molecule has 2 rings (SSSR count). The summed E-state index contributed by atoms with van der Waals surface area (Å²) < 4.78 is 5.15. The Labute approximate surface area is 174 Å². The van der Waals surface area contributed by atoms with Gasteiger partial charge in [-0.1, -0.05) is 19.2 Å². The van der Waals surface area contributed by atoms with Gasteiger partial charge in [0, 0.05) is 24.5 Å². The molecule has 0 atom stereocenters. The van der Waals surface area contributed by atoms with Gasteiger partial charge < -0.3 is 15.0 Å². The number of nitrogens with one attached hydrogen (secondary N) is 2. The molecule has 0 unspecified atom stereocenters. The summed E-state index contributed by atoms with van der Waals surface area (Å²) in [6.07, 6.45) is 8.19. The summed E-state index contributed by atoms with van der Waals surface area (Å²) >= 11 is 0. The number of aromatic amines is 1. The summed E-state index contributed by atoms with van der Waals surface area (Å²) in [5.41, 5.74) is 5.84. The van der Waals surface area contributed by atoms with E-state index >= 15 is 0 Å². The fraction of sp³-hybridized carbons (Fsp3) is 0.182. The van der Waals surface area contributed by atoms with Crippen molar-refractivity contribution in [2.45, 2.75) is 13.8 Å². The number of nitriles is 1. The van der Waals surface area contributed by atoms with Crippen molar-refractivity contribution >= 4 is 28.4 Å². The van der Waals surface area contributed by atoms with Gasteiger partial charge in [-0.05, 0) is 31.6 Å². The maximum atomic E-state index is 12.4. The fourth-order valence-electron chi connectivity index (χ4n) is 2.70. The average Bonchev–Trinajstić information content (AvgIpc) is 3.19. The van der Waals surface area contributed by atoms with Gasteiger partial charge in [0.05, 0.1) is 23.3 Å². The van der Waals surface area contributed by atoms with Crippen molar-refractivity contribution < 1.29 is 9.53 Å². The van der Waals surface area contributed by atoms with E-state index in [2.05, 4.69) is 44.2 Å². The molecule has 2 heterocycles. The normalized spacial score (nSPS) is 12.1. The highest BCUT2D eigenvalue weighted by Gasteiger charge is 2.19. The summed E-state index contributed by atoms with van der Waals surface area (Å²) in [4.78, 5) is 27.8. The van der Waals surface area contributed by atoms with E-state index in [1.165, 1.54) is 13.4 Å². The van der Waals surface area contributed by atoms with E-state index in [0.29, 0.717) is 39.1 Å². The Kier molecular flexibility index (Phi) is 7.63. The van der Waals surface area contributed by atoms with Gasteiger partial charge in [0.2, 0.25) is 5.84 Å². The van der Waals surface area contributed by atoms with Gasteiger partial charge in [-0.15, -0.1) is 5.73 Å². The number of ether oxygens (including phenoxy) is 1. The molecule has 0 saturated carbocycles. The topological polar surface area (TPSA) is 116 Å². The summed E-state index contributed by atoms with van der Waals surface area (Å²) in [5, 5.41) is 12.5. The van der Waals surface area contributed by atoms with Crippen LogP contribution >= 0.6 is 0 Å². The Bertz CT molecular complexity index is 1150. The van der Waals surface area contributed by atoms with Crippen LogP contribution in [0.25, 0.3) is 16.6 Å². The molecule has 8 nitrogen and oxygen atoms in total. The van der Waals surface area contributed by atoms with Crippen LogP contribution in [-0.2, 0) is 4.74 Å². The quantitative estimate of drug-likeness (QED) is 0.241. The van der Waals surface area contributed by atoms with Crippen molar-refractivity contribution in [3.63, 3.8) is 0 Å². The summed E-state index contributed by atoms with van der Waals surface area (Å²) in [5.74, 6) is -0.342. The first-order valence-electron chi connectivity index (χ1n) is 9.07. The Morgan fingerprint density at radius 1 is 1.47 bits per heavy atom. The molecule has 0 aliphatic carbocycles. The molecule has 2 aromatic heterocycles. The number of nitrogens with zero attached hydrogens (tertiary/aromatic N) is 4. The van der Waals surface area contributed by atoms with E-state index in [1.54, 1.807) is 25.3 Å². The van der Waals surface area contributed by atoms with Crippen LogP contribution in [0.15, 0.2) is 65.9 Å². The highest BCUT2D eigenvalue weighted by molar-refractivity contribution is 6.07. The third kappa shape index (κ3) is 4.79. The van der Waals surface area contributed by atoms with Gasteiger partial charge in [-0.3, -0.25) is 4.99 Å². The molecular weight excluding hydrogens is 380 g/mol.